The van der Waals surface area contributed by atoms with Crippen molar-refractivity contribution >= 4 is 44.7 Å². The number of anilines is 1. The molecule has 1 aliphatic rings. The largest absolute Gasteiger partial charge is 0.324 e. The number of carbonyl (C=O) groups excluding carboxylic acids is 1. The molecule has 2 heterocycles. The number of amides is 1. The Morgan fingerprint density at radius 1 is 1.35 bits per heavy atom. The molecular formula is C23H27ClN4O2S. The van der Waals surface area contributed by atoms with Gasteiger partial charge in [-0.3, -0.25) is 14.2 Å². The summed E-state index contributed by atoms with van der Waals surface area (Å²) in [5.74, 6) is 0.962. The van der Waals surface area contributed by atoms with Gasteiger partial charge in [0.25, 0.3) is 5.56 Å². The summed E-state index contributed by atoms with van der Waals surface area (Å²) >= 11 is 7.57. The van der Waals surface area contributed by atoms with Gasteiger partial charge in [-0.1, -0.05) is 18.5 Å². The van der Waals surface area contributed by atoms with Crippen LogP contribution in [0.3, 0.4) is 0 Å². The Balaban J connectivity index is 1.78. The van der Waals surface area contributed by atoms with E-state index in [1.54, 1.807) is 47.1 Å². The van der Waals surface area contributed by atoms with E-state index in [0.717, 1.165) is 29.7 Å². The van der Waals surface area contributed by atoms with Crippen LogP contribution in [0.4, 0.5) is 5.69 Å². The number of aryl methyl sites for hydroxylation is 1. The summed E-state index contributed by atoms with van der Waals surface area (Å²) in [6.07, 6.45) is 2.96. The highest BCUT2D eigenvalue weighted by atomic mass is 35.5. The van der Waals surface area contributed by atoms with Gasteiger partial charge < -0.3 is 10.2 Å². The van der Waals surface area contributed by atoms with Gasteiger partial charge >= 0.3 is 0 Å². The average molecular weight is 459 g/mol. The van der Waals surface area contributed by atoms with Crippen molar-refractivity contribution in [3.63, 3.8) is 0 Å². The molecule has 8 heteroatoms. The van der Waals surface area contributed by atoms with Crippen molar-refractivity contribution in [2.24, 2.45) is 5.92 Å². The molecule has 2 aromatic heterocycles. The van der Waals surface area contributed by atoms with Crippen LogP contribution in [-0.2, 0) is 24.2 Å². The third-order valence-corrected chi connectivity index (χ3v) is 7.17. The number of halogens is 1. The van der Waals surface area contributed by atoms with Gasteiger partial charge in [0.2, 0.25) is 5.91 Å². The summed E-state index contributed by atoms with van der Waals surface area (Å²) < 4.78 is 1.57. The monoisotopic (exact) mass is 458 g/mol. The van der Waals surface area contributed by atoms with Gasteiger partial charge in [-0.2, -0.15) is 0 Å². The molecule has 1 N–H and O–H groups in total. The van der Waals surface area contributed by atoms with Crippen molar-refractivity contribution in [1.82, 2.24) is 14.5 Å². The Bertz CT molecular complexity index is 1180. The number of benzene rings is 1. The standard InChI is InChI=1S/C23H27ClN4O2S/c1-13-5-10-17-18(11-13)31-22-20(17)23(30)28(19(26-22)12-27(3)4)14(2)21(29)25-16-8-6-15(24)7-9-16/h6-9,13-14H,5,10-12H2,1-4H3,(H,25,29). The van der Waals surface area contributed by atoms with Crippen LogP contribution in [-0.4, -0.2) is 34.5 Å². The van der Waals surface area contributed by atoms with Crippen LogP contribution in [0.2, 0.25) is 5.02 Å². The minimum atomic E-state index is -0.701. The van der Waals surface area contributed by atoms with Crippen LogP contribution < -0.4 is 10.9 Å². The van der Waals surface area contributed by atoms with E-state index in [1.165, 1.54) is 4.88 Å². The molecule has 2 unspecified atom stereocenters. The van der Waals surface area contributed by atoms with Crippen LogP contribution in [0, 0.1) is 5.92 Å². The van der Waals surface area contributed by atoms with E-state index in [2.05, 4.69) is 12.2 Å². The molecule has 1 aromatic carbocycles. The van der Waals surface area contributed by atoms with E-state index in [4.69, 9.17) is 16.6 Å². The lowest BCUT2D eigenvalue weighted by Gasteiger charge is -2.21. The minimum absolute atomic E-state index is 0.118. The third kappa shape index (κ3) is 4.40. The number of hydrogen-bond acceptors (Lipinski definition) is 5. The lowest BCUT2D eigenvalue weighted by molar-refractivity contribution is -0.119. The molecule has 164 valence electrons. The summed E-state index contributed by atoms with van der Waals surface area (Å²) in [6.45, 7) is 4.47. The first kappa shape index (κ1) is 22.0. The van der Waals surface area contributed by atoms with Gasteiger partial charge in [0.05, 0.1) is 11.9 Å². The Labute approximate surface area is 190 Å². The molecule has 31 heavy (non-hydrogen) atoms. The smallest absolute Gasteiger partial charge is 0.263 e. The van der Waals surface area contributed by atoms with Crippen molar-refractivity contribution in [3.8, 4) is 0 Å². The van der Waals surface area contributed by atoms with Crippen LogP contribution in [0.5, 0.6) is 0 Å². The summed E-state index contributed by atoms with van der Waals surface area (Å²) in [6, 6.07) is 6.23. The van der Waals surface area contributed by atoms with E-state index < -0.39 is 6.04 Å². The molecule has 0 saturated carbocycles. The predicted octanol–water partition coefficient (Wildman–Crippen LogP) is 4.50. The Kier molecular flexibility index (Phi) is 6.19. The van der Waals surface area contributed by atoms with Crippen molar-refractivity contribution in [3.05, 3.63) is 55.9 Å². The summed E-state index contributed by atoms with van der Waals surface area (Å²) in [5.41, 5.74) is 1.65. The molecule has 0 radical (unpaired) electrons. The first-order valence-corrected chi connectivity index (χ1v) is 11.7. The predicted molar refractivity (Wildman–Crippen MR) is 127 cm³/mol. The Hall–Kier alpha value is -2.22. The third-order valence-electron chi connectivity index (χ3n) is 5.77. The molecular weight excluding hydrogens is 432 g/mol. The lowest BCUT2D eigenvalue weighted by atomic mass is 9.89. The minimum Gasteiger partial charge on any atom is -0.324 e. The van der Waals surface area contributed by atoms with E-state index in [-0.39, 0.29) is 11.5 Å². The van der Waals surface area contributed by atoms with Gasteiger partial charge in [-0.15, -0.1) is 11.3 Å². The molecule has 0 saturated heterocycles. The highest BCUT2D eigenvalue weighted by Gasteiger charge is 2.27. The SMILES string of the molecule is CC1CCc2c(sc3nc(CN(C)C)n(C(C)C(=O)Nc4ccc(Cl)cc4)c(=O)c23)C1. The molecule has 2 atom stereocenters. The summed E-state index contributed by atoms with van der Waals surface area (Å²) in [5, 5.41) is 4.18. The molecule has 0 bridgehead atoms. The van der Waals surface area contributed by atoms with E-state index in [1.807, 2.05) is 19.0 Å². The zero-order valence-corrected chi connectivity index (χ0v) is 19.8. The maximum Gasteiger partial charge on any atom is 0.263 e. The van der Waals surface area contributed by atoms with Crippen LogP contribution >= 0.6 is 22.9 Å². The zero-order chi connectivity index (χ0) is 22.3. The van der Waals surface area contributed by atoms with E-state index >= 15 is 0 Å². The van der Waals surface area contributed by atoms with Gasteiger partial charge in [0.15, 0.2) is 0 Å². The first-order chi connectivity index (χ1) is 14.7. The molecule has 0 spiro atoms. The molecule has 0 aliphatic heterocycles. The molecule has 1 aliphatic carbocycles. The second kappa shape index (κ2) is 8.73. The van der Waals surface area contributed by atoms with Crippen LogP contribution in [0.25, 0.3) is 10.2 Å². The zero-order valence-electron chi connectivity index (χ0n) is 18.2. The topological polar surface area (TPSA) is 67.2 Å². The summed E-state index contributed by atoms with van der Waals surface area (Å²) in [4.78, 5) is 35.6. The summed E-state index contributed by atoms with van der Waals surface area (Å²) in [7, 11) is 3.86. The fourth-order valence-electron chi connectivity index (χ4n) is 4.14. The number of hydrogen-bond donors (Lipinski definition) is 1. The average Bonchev–Trinajstić information content (AvgIpc) is 3.06. The second-order valence-corrected chi connectivity index (χ2v) is 10.2. The number of rotatable bonds is 5. The maximum atomic E-state index is 13.7. The van der Waals surface area contributed by atoms with E-state index in [9.17, 15) is 9.59 Å². The van der Waals surface area contributed by atoms with Crippen LogP contribution in [0.1, 0.15) is 42.6 Å². The molecule has 6 nitrogen and oxygen atoms in total. The van der Waals surface area contributed by atoms with Crippen molar-refractivity contribution in [1.29, 1.82) is 0 Å². The van der Waals surface area contributed by atoms with Crippen molar-refractivity contribution < 1.29 is 4.79 Å². The van der Waals surface area contributed by atoms with Crippen LogP contribution in [0.15, 0.2) is 29.1 Å². The molecule has 4 rings (SSSR count). The number of nitrogens with zero attached hydrogens (tertiary/aromatic N) is 3. The molecule has 0 fully saturated rings. The molecule has 1 amide bonds. The highest BCUT2D eigenvalue weighted by Crippen LogP contribution is 2.36. The fourth-order valence-corrected chi connectivity index (χ4v) is 5.65. The number of carbonyl (C=O) groups is 1. The first-order valence-electron chi connectivity index (χ1n) is 10.5. The number of aromatic nitrogens is 2. The normalized spacial score (nSPS) is 17.0. The van der Waals surface area contributed by atoms with Crippen molar-refractivity contribution in [2.45, 2.75) is 45.7 Å². The Morgan fingerprint density at radius 3 is 2.74 bits per heavy atom. The van der Waals surface area contributed by atoms with Gasteiger partial charge in [0.1, 0.15) is 16.7 Å². The maximum absolute atomic E-state index is 13.7. The highest BCUT2D eigenvalue weighted by molar-refractivity contribution is 7.18. The second-order valence-electron chi connectivity index (χ2n) is 8.65. The molecule has 3 aromatic rings. The number of nitrogens with one attached hydrogen (secondary N) is 1. The fraction of sp³-hybridized carbons (Fsp3) is 0.435. The quantitative estimate of drug-likeness (QED) is 0.611. The van der Waals surface area contributed by atoms with Gasteiger partial charge in [-0.25, -0.2) is 4.98 Å². The lowest BCUT2D eigenvalue weighted by Crippen LogP contribution is -2.36. The van der Waals surface area contributed by atoms with Crippen molar-refractivity contribution in [2.75, 3.05) is 19.4 Å². The van der Waals surface area contributed by atoms with Gasteiger partial charge in [-0.05, 0) is 76.0 Å². The number of thiophene rings is 1. The Morgan fingerprint density at radius 2 is 2.06 bits per heavy atom. The number of fused-ring (bicyclic) bond motifs is 3. The van der Waals surface area contributed by atoms with Gasteiger partial charge in [0, 0.05) is 15.6 Å². The van der Waals surface area contributed by atoms with E-state index in [0.29, 0.717) is 34.4 Å².